The lowest BCUT2D eigenvalue weighted by atomic mass is 10.1. The average Bonchev–Trinajstić information content (AvgIpc) is 3.21. The van der Waals surface area contributed by atoms with Gasteiger partial charge in [0.25, 0.3) is 5.91 Å². The third-order valence-corrected chi connectivity index (χ3v) is 5.42. The zero-order valence-corrected chi connectivity index (χ0v) is 14.3. The lowest BCUT2D eigenvalue weighted by molar-refractivity contribution is -0.114. The molecule has 0 saturated carbocycles. The lowest BCUT2D eigenvalue weighted by Crippen LogP contribution is -2.35. The SMILES string of the molecule is Cc1ccccc1C1=NN2C(=N)C(=Cc3cccs3)C(=O)N=C2S1. The predicted octanol–water partition coefficient (Wildman–Crippen LogP) is 3.72. The number of fused-ring (bicyclic) bond motifs is 1. The summed E-state index contributed by atoms with van der Waals surface area (Å²) in [5.41, 5.74) is 2.34. The second-order valence-electron chi connectivity index (χ2n) is 5.26. The molecule has 0 bridgehead atoms. The number of carbonyl (C=O) groups excluding carboxylic acids is 1. The Labute approximate surface area is 146 Å². The second kappa shape index (κ2) is 5.85. The number of aliphatic imine (C=N–C) groups is 1. The van der Waals surface area contributed by atoms with E-state index in [0.29, 0.717) is 5.17 Å². The van der Waals surface area contributed by atoms with Gasteiger partial charge in [-0.25, -0.2) is 0 Å². The maximum atomic E-state index is 12.3. The molecule has 7 heteroatoms. The molecule has 0 saturated heterocycles. The third-order valence-electron chi connectivity index (χ3n) is 3.66. The average molecular weight is 352 g/mol. The predicted molar refractivity (Wildman–Crippen MR) is 99.6 cm³/mol. The number of thioether (sulfide) groups is 1. The van der Waals surface area contributed by atoms with Crippen LogP contribution in [-0.4, -0.2) is 27.0 Å². The summed E-state index contributed by atoms with van der Waals surface area (Å²) in [6.45, 7) is 2.01. The Kier molecular flexibility index (Phi) is 3.66. The molecule has 2 aliphatic rings. The molecule has 0 unspecified atom stereocenters. The van der Waals surface area contributed by atoms with E-state index in [0.717, 1.165) is 21.0 Å². The van der Waals surface area contributed by atoms with Crippen molar-refractivity contribution >= 4 is 51.1 Å². The zero-order chi connectivity index (χ0) is 16.7. The Morgan fingerprint density at radius 2 is 2.04 bits per heavy atom. The molecule has 1 N–H and O–H groups in total. The van der Waals surface area contributed by atoms with Gasteiger partial charge in [0.05, 0.1) is 5.57 Å². The molecule has 118 valence electrons. The molecule has 2 aromatic rings. The van der Waals surface area contributed by atoms with Crippen molar-refractivity contribution in [3.63, 3.8) is 0 Å². The first-order valence-electron chi connectivity index (χ1n) is 7.23. The van der Waals surface area contributed by atoms with Crippen molar-refractivity contribution in [3.8, 4) is 0 Å². The van der Waals surface area contributed by atoms with Gasteiger partial charge in [-0.1, -0.05) is 30.3 Å². The van der Waals surface area contributed by atoms with E-state index < -0.39 is 5.91 Å². The van der Waals surface area contributed by atoms with E-state index in [1.807, 2.05) is 48.7 Å². The van der Waals surface area contributed by atoms with Crippen molar-refractivity contribution in [2.24, 2.45) is 10.1 Å². The van der Waals surface area contributed by atoms with Crippen molar-refractivity contribution in [3.05, 3.63) is 63.4 Å². The number of carbonyl (C=O) groups is 1. The van der Waals surface area contributed by atoms with Crippen LogP contribution in [0.4, 0.5) is 0 Å². The number of amides is 1. The normalized spacial score (nSPS) is 18.7. The summed E-state index contributed by atoms with van der Waals surface area (Å²) in [7, 11) is 0. The van der Waals surface area contributed by atoms with E-state index in [9.17, 15) is 4.79 Å². The van der Waals surface area contributed by atoms with Crippen molar-refractivity contribution in [1.82, 2.24) is 5.01 Å². The summed E-state index contributed by atoms with van der Waals surface area (Å²) in [6, 6.07) is 11.7. The van der Waals surface area contributed by atoms with Crippen LogP contribution in [0, 0.1) is 12.3 Å². The molecule has 5 nitrogen and oxygen atoms in total. The minimum atomic E-state index is -0.395. The first-order valence-corrected chi connectivity index (χ1v) is 8.93. The number of nitrogens with one attached hydrogen (secondary N) is 1. The third kappa shape index (κ3) is 2.51. The number of hydrogen-bond acceptors (Lipinski definition) is 5. The number of amidine groups is 2. The minimum Gasteiger partial charge on any atom is -0.282 e. The number of rotatable bonds is 2. The molecule has 2 aliphatic heterocycles. The molecule has 1 aromatic heterocycles. The number of thiophene rings is 1. The summed E-state index contributed by atoms with van der Waals surface area (Å²) in [4.78, 5) is 17.3. The van der Waals surface area contributed by atoms with Crippen LogP contribution in [0.25, 0.3) is 6.08 Å². The van der Waals surface area contributed by atoms with Gasteiger partial charge >= 0.3 is 0 Å². The lowest BCUT2D eigenvalue weighted by Gasteiger charge is -2.19. The molecule has 4 rings (SSSR count). The van der Waals surface area contributed by atoms with Crippen LogP contribution in [0.2, 0.25) is 0 Å². The molecule has 0 spiro atoms. The van der Waals surface area contributed by atoms with Crippen molar-refractivity contribution in [2.45, 2.75) is 6.92 Å². The maximum Gasteiger partial charge on any atom is 0.283 e. The Morgan fingerprint density at radius 1 is 1.21 bits per heavy atom. The standard InChI is InChI=1S/C17H12N4OS2/c1-10-5-2-3-7-12(10)16-20-21-14(18)13(9-11-6-4-8-23-11)15(22)19-17(21)24-16/h2-9,18H,1H3. The second-order valence-corrected chi connectivity index (χ2v) is 7.19. The molecule has 24 heavy (non-hydrogen) atoms. The largest absolute Gasteiger partial charge is 0.283 e. The van der Waals surface area contributed by atoms with Gasteiger partial charge < -0.3 is 0 Å². The molecule has 3 heterocycles. The van der Waals surface area contributed by atoms with Crippen LogP contribution in [0.1, 0.15) is 16.0 Å². The van der Waals surface area contributed by atoms with Crippen LogP contribution in [-0.2, 0) is 4.79 Å². The number of aryl methyl sites for hydroxylation is 1. The van der Waals surface area contributed by atoms with Gasteiger partial charge in [0, 0.05) is 10.4 Å². The van der Waals surface area contributed by atoms with E-state index in [1.54, 1.807) is 6.08 Å². The molecule has 0 aliphatic carbocycles. The van der Waals surface area contributed by atoms with E-state index in [4.69, 9.17) is 5.41 Å². The van der Waals surface area contributed by atoms with Crippen molar-refractivity contribution < 1.29 is 4.79 Å². The fourth-order valence-electron chi connectivity index (χ4n) is 2.43. The van der Waals surface area contributed by atoms with Crippen molar-refractivity contribution in [1.29, 1.82) is 5.41 Å². The molecule has 1 amide bonds. The summed E-state index contributed by atoms with van der Waals surface area (Å²) < 4.78 is 0. The molecule has 1 aromatic carbocycles. The monoisotopic (exact) mass is 352 g/mol. The van der Waals surface area contributed by atoms with Crippen molar-refractivity contribution in [2.75, 3.05) is 0 Å². The van der Waals surface area contributed by atoms with E-state index >= 15 is 0 Å². The van der Waals surface area contributed by atoms with Gasteiger partial charge in [0.1, 0.15) is 5.04 Å². The Bertz CT molecular complexity index is 941. The highest BCUT2D eigenvalue weighted by molar-refractivity contribution is 8.27. The maximum absolute atomic E-state index is 12.3. The van der Waals surface area contributed by atoms with Gasteiger partial charge in [-0.2, -0.15) is 15.1 Å². The van der Waals surface area contributed by atoms with Crippen LogP contribution < -0.4 is 0 Å². The van der Waals surface area contributed by atoms with E-state index in [2.05, 4.69) is 10.1 Å². The van der Waals surface area contributed by atoms with Gasteiger partial charge in [0.2, 0.25) is 5.17 Å². The van der Waals surface area contributed by atoms with Gasteiger partial charge in [0.15, 0.2) is 5.84 Å². The number of hydrogen-bond donors (Lipinski definition) is 1. The van der Waals surface area contributed by atoms with Crippen LogP contribution in [0.3, 0.4) is 0 Å². The first kappa shape index (κ1) is 15.0. The highest BCUT2D eigenvalue weighted by Crippen LogP contribution is 2.32. The molecule has 0 radical (unpaired) electrons. The topological polar surface area (TPSA) is 68.9 Å². The number of hydrazone groups is 1. The molecule has 0 fully saturated rings. The highest BCUT2D eigenvalue weighted by atomic mass is 32.2. The van der Waals surface area contributed by atoms with E-state index in [1.165, 1.54) is 28.1 Å². The number of nitrogens with zero attached hydrogens (tertiary/aromatic N) is 3. The Morgan fingerprint density at radius 3 is 2.79 bits per heavy atom. The molecular weight excluding hydrogens is 340 g/mol. The fraction of sp³-hybridized carbons (Fsp3) is 0.0588. The fourth-order valence-corrected chi connectivity index (χ4v) is 4.07. The quantitative estimate of drug-likeness (QED) is 0.838. The minimum absolute atomic E-state index is 0.0643. The van der Waals surface area contributed by atoms with Crippen LogP contribution >= 0.6 is 23.1 Å². The van der Waals surface area contributed by atoms with Gasteiger partial charge in [-0.05, 0) is 41.8 Å². The summed E-state index contributed by atoms with van der Waals surface area (Å²) >= 11 is 2.83. The molecular formula is C17H12N4OS2. The summed E-state index contributed by atoms with van der Waals surface area (Å²) in [6.07, 6.45) is 1.70. The Hall–Kier alpha value is -2.51. The number of benzene rings is 1. The zero-order valence-electron chi connectivity index (χ0n) is 12.7. The highest BCUT2D eigenvalue weighted by Gasteiger charge is 2.36. The van der Waals surface area contributed by atoms with Crippen LogP contribution in [0.5, 0.6) is 0 Å². The smallest absolute Gasteiger partial charge is 0.282 e. The van der Waals surface area contributed by atoms with E-state index in [-0.39, 0.29) is 11.4 Å². The summed E-state index contributed by atoms with van der Waals surface area (Å²) in [5.74, 6) is -0.331. The Balaban J connectivity index is 1.73. The first-order chi connectivity index (χ1) is 11.6. The van der Waals surface area contributed by atoms with Gasteiger partial charge in [-0.3, -0.25) is 10.2 Å². The van der Waals surface area contributed by atoms with Gasteiger partial charge in [-0.15, -0.1) is 11.3 Å². The van der Waals surface area contributed by atoms with Crippen LogP contribution in [0.15, 0.2) is 57.4 Å². The summed E-state index contributed by atoms with van der Waals surface area (Å²) in [5, 5.41) is 17.4. The molecule has 0 atom stereocenters.